The van der Waals surface area contributed by atoms with Crippen molar-refractivity contribution in [2.45, 2.75) is 33.4 Å². The van der Waals surface area contributed by atoms with Crippen LogP contribution in [0.25, 0.3) is 0 Å². The molecule has 28 heavy (non-hydrogen) atoms. The van der Waals surface area contributed by atoms with Gasteiger partial charge in [0.15, 0.2) is 0 Å². The quantitative estimate of drug-likeness (QED) is 0.809. The highest BCUT2D eigenvalue weighted by molar-refractivity contribution is 5.99. The van der Waals surface area contributed by atoms with Gasteiger partial charge in [-0.25, -0.2) is 0 Å². The predicted molar refractivity (Wildman–Crippen MR) is 111 cm³/mol. The monoisotopic (exact) mass is 379 g/mol. The van der Waals surface area contributed by atoms with Crippen LogP contribution in [0.4, 0.5) is 0 Å². The Morgan fingerprint density at radius 2 is 1.61 bits per heavy atom. The number of piperidine rings is 1. The van der Waals surface area contributed by atoms with Crippen molar-refractivity contribution in [2.75, 3.05) is 13.1 Å². The number of nitrogens with one attached hydrogen (secondary N) is 1. The van der Waals surface area contributed by atoms with Gasteiger partial charge in [-0.2, -0.15) is 0 Å². The van der Waals surface area contributed by atoms with Gasteiger partial charge in [0.1, 0.15) is 0 Å². The van der Waals surface area contributed by atoms with Crippen molar-refractivity contribution in [3.63, 3.8) is 0 Å². The molecule has 0 radical (unpaired) electrons. The van der Waals surface area contributed by atoms with Crippen LogP contribution in [0.1, 0.15) is 52.1 Å². The van der Waals surface area contributed by atoms with E-state index in [1.807, 2.05) is 0 Å². The molecule has 0 spiro atoms. The van der Waals surface area contributed by atoms with Crippen molar-refractivity contribution in [2.24, 2.45) is 17.6 Å². The van der Waals surface area contributed by atoms with Gasteiger partial charge in [0, 0.05) is 37.3 Å². The van der Waals surface area contributed by atoms with Gasteiger partial charge < -0.3 is 11.1 Å². The molecule has 1 saturated heterocycles. The third-order valence-corrected chi connectivity index (χ3v) is 5.24. The fourth-order valence-corrected chi connectivity index (χ4v) is 4.04. The smallest absolute Gasteiger partial charge is 0.251 e. The number of primary amides is 1. The van der Waals surface area contributed by atoms with E-state index in [0.29, 0.717) is 17.7 Å². The largest absolute Gasteiger partial charge is 0.366 e. The Balaban J connectivity index is 1.53. The van der Waals surface area contributed by atoms with Gasteiger partial charge in [-0.1, -0.05) is 44.2 Å². The van der Waals surface area contributed by atoms with Crippen LogP contribution in [0, 0.1) is 11.8 Å². The molecule has 2 aromatic rings. The summed E-state index contributed by atoms with van der Waals surface area (Å²) in [5.41, 5.74) is 8.38. The standard InChI is InChI=1S/C23H29N3O2/c1-16-10-17(2)14-26(13-16)15-19-8-6-18(7-9-19)12-25-23(28)21-5-3-4-20(11-21)22(24)27/h3-9,11,16-17H,10,12-15H2,1-2H3,(H2,24,27)(H,25,28). The molecule has 2 aromatic carbocycles. The normalized spacial score (nSPS) is 19.9. The number of likely N-dealkylation sites (tertiary alicyclic amines) is 1. The topological polar surface area (TPSA) is 75.4 Å². The summed E-state index contributed by atoms with van der Waals surface area (Å²) in [5.74, 6) is 0.754. The molecule has 3 N–H and O–H groups in total. The summed E-state index contributed by atoms with van der Waals surface area (Å²) in [6.07, 6.45) is 1.32. The first-order valence-electron chi connectivity index (χ1n) is 9.89. The highest BCUT2D eigenvalue weighted by Gasteiger charge is 2.21. The summed E-state index contributed by atoms with van der Waals surface area (Å²) < 4.78 is 0. The molecule has 1 aliphatic heterocycles. The first-order chi connectivity index (χ1) is 13.4. The van der Waals surface area contributed by atoms with Crippen molar-refractivity contribution < 1.29 is 9.59 Å². The van der Waals surface area contributed by atoms with Crippen LogP contribution in [-0.2, 0) is 13.1 Å². The second-order valence-corrected chi connectivity index (χ2v) is 8.08. The Bertz CT molecular complexity index is 822. The Kier molecular flexibility index (Phi) is 6.47. The summed E-state index contributed by atoms with van der Waals surface area (Å²) in [4.78, 5) is 26.1. The molecular formula is C23H29N3O2. The number of carbonyl (C=O) groups excluding carboxylic acids is 2. The number of hydrogen-bond acceptors (Lipinski definition) is 3. The predicted octanol–water partition coefficient (Wildman–Crippen LogP) is 3.19. The summed E-state index contributed by atoms with van der Waals surface area (Å²) in [7, 11) is 0. The Morgan fingerprint density at radius 1 is 1.00 bits per heavy atom. The Hall–Kier alpha value is -2.66. The van der Waals surface area contributed by atoms with E-state index in [1.165, 1.54) is 18.1 Å². The van der Waals surface area contributed by atoms with Gasteiger partial charge in [-0.15, -0.1) is 0 Å². The van der Waals surface area contributed by atoms with E-state index in [-0.39, 0.29) is 5.91 Å². The molecule has 0 aromatic heterocycles. The average Bonchev–Trinajstić information content (AvgIpc) is 2.66. The van der Waals surface area contributed by atoms with Crippen molar-refractivity contribution in [3.05, 3.63) is 70.8 Å². The summed E-state index contributed by atoms with van der Waals surface area (Å²) in [6.45, 7) is 8.39. The van der Waals surface area contributed by atoms with E-state index in [9.17, 15) is 9.59 Å². The van der Waals surface area contributed by atoms with Crippen LogP contribution in [0.15, 0.2) is 48.5 Å². The van der Waals surface area contributed by atoms with Crippen LogP contribution in [0.5, 0.6) is 0 Å². The number of benzene rings is 2. The lowest BCUT2D eigenvalue weighted by atomic mass is 9.91. The fraction of sp³-hybridized carbons (Fsp3) is 0.391. The fourth-order valence-electron chi connectivity index (χ4n) is 4.04. The number of nitrogens with two attached hydrogens (primary N) is 1. The second kappa shape index (κ2) is 9.02. The van der Waals surface area contributed by atoms with Gasteiger partial charge in [0.2, 0.25) is 5.91 Å². The minimum Gasteiger partial charge on any atom is -0.366 e. The Morgan fingerprint density at radius 3 is 2.25 bits per heavy atom. The van der Waals surface area contributed by atoms with Crippen LogP contribution in [0.3, 0.4) is 0 Å². The third kappa shape index (κ3) is 5.42. The Labute approximate surface area is 166 Å². The zero-order chi connectivity index (χ0) is 20.1. The second-order valence-electron chi connectivity index (χ2n) is 8.08. The molecule has 0 bridgehead atoms. The maximum absolute atomic E-state index is 12.3. The number of carbonyl (C=O) groups is 2. The number of amides is 2. The van der Waals surface area contributed by atoms with Crippen molar-refractivity contribution in [3.8, 4) is 0 Å². The lowest BCUT2D eigenvalue weighted by molar-refractivity contribution is 0.0951. The van der Waals surface area contributed by atoms with E-state index >= 15 is 0 Å². The van der Waals surface area contributed by atoms with E-state index in [0.717, 1.165) is 37.0 Å². The first-order valence-corrected chi connectivity index (χ1v) is 9.89. The van der Waals surface area contributed by atoms with Gasteiger partial charge in [-0.3, -0.25) is 14.5 Å². The number of hydrogen-bond donors (Lipinski definition) is 2. The molecule has 2 atom stereocenters. The van der Waals surface area contributed by atoms with Crippen molar-refractivity contribution in [1.82, 2.24) is 10.2 Å². The molecule has 2 unspecified atom stereocenters. The van der Waals surface area contributed by atoms with E-state index < -0.39 is 5.91 Å². The number of nitrogens with zero attached hydrogens (tertiary/aromatic N) is 1. The van der Waals surface area contributed by atoms with Gasteiger partial charge >= 0.3 is 0 Å². The van der Waals surface area contributed by atoms with Crippen LogP contribution < -0.4 is 11.1 Å². The van der Waals surface area contributed by atoms with Crippen LogP contribution in [-0.4, -0.2) is 29.8 Å². The molecular weight excluding hydrogens is 350 g/mol. The van der Waals surface area contributed by atoms with Crippen molar-refractivity contribution in [1.29, 1.82) is 0 Å². The van der Waals surface area contributed by atoms with Gasteiger partial charge in [0.25, 0.3) is 5.91 Å². The summed E-state index contributed by atoms with van der Waals surface area (Å²) >= 11 is 0. The minimum absolute atomic E-state index is 0.219. The molecule has 5 heteroatoms. The van der Waals surface area contributed by atoms with Crippen LogP contribution in [0.2, 0.25) is 0 Å². The molecule has 148 valence electrons. The molecule has 2 amide bonds. The van der Waals surface area contributed by atoms with E-state index in [4.69, 9.17) is 5.73 Å². The maximum Gasteiger partial charge on any atom is 0.251 e. The molecule has 0 aliphatic carbocycles. The molecule has 1 heterocycles. The van der Waals surface area contributed by atoms with Crippen molar-refractivity contribution >= 4 is 11.8 Å². The summed E-state index contributed by atoms with van der Waals surface area (Å²) in [6, 6.07) is 14.8. The lowest BCUT2D eigenvalue weighted by Gasteiger charge is -2.35. The summed E-state index contributed by atoms with van der Waals surface area (Å²) in [5, 5.41) is 2.89. The zero-order valence-corrected chi connectivity index (χ0v) is 16.7. The van der Waals surface area contributed by atoms with Gasteiger partial charge in [-0.05, 0) is 47.6 Å². The number of rotatable bonds is 6. The van der Waals surface area contributed by atoms with Gasteiger partial charge in [0.05, 0.1) is 0 Å². The molecule has 1 fully saturated rings. The molecule has 5 nitrogen and oxygen atoms in total. The lowest BCUT2D eigenvalue weighted by Crippen LogP contribution is -2.38. The van der Waals surface area contributed by atoms with E-state index in [2.05, 4.69) is 48.3 Å². The molecule has 3 rings (SSSR count). The first kappa shape index (κ1) is 20.1. The minimum atomic E-state index is -0.539. The molecule has 0 saturated carbocycles. The zero-order valence-electron chi connectivity index (χ0n) is 16.7. The third-order valence-electron chi connectivity index (χ3n) is 5.24. The highest BCUT2D eigenvalue weighted by Crippen LogP contribution is 2.22. The van der Waals surface area contributed by atoms with E-state index in [1.54, 1.807) is 18.2 Å². The SMILES string of the molecule is CC1CC(C)CN(Cc2ccc(CNC(=O)c3cccc(C(N)=O)c3)cc2)C1. The van der Waals surface area contributed by atoms with Crippen LogP contribution >= 0.6 is 0 Å². The molecule has 1 aliphatic rings. The highest BCUT2D eigenvalue weighted by atomic mass is 16.2. The maximum atomic E-state index is 12.3. The average molecular weight is 380 g/mol.